The Kier molecular flexibility index (Phi) is 3.63. The third-order valence-corrected chi connectivity index (χ3v) is 2.72. The third-order valence-electron chi connectivity index (χ3n) is 2.72. The lowest BCUT2D eigenvalue weighted by Crippen LogP contribution is -2.46. The summed E-state index contributed by atoms with van der Waals surface area (Å²) < 4.78 is 5.50. The number of aromatic nitrogens is 2. The molecule has 1 aromatic rings. The van der Waals surface area contributed by atoms with Gasteiger partial charge in [0.2, 0.25) is 0 Å². The maximum absolute atomic E-state index is 11.1. The van der Waals surface area contributed by atoms with Crippen molar-refractivity contribution >= 4 is 6.09 Å². The molecule has 1 N–H and O–H groups in total. The van der Waals surface area contributed by atoms with E-state index in [0.717, 1.165) is 12.8 Å². The Morgan fingerprint density at radius 3 is 3.17 bits per heavy atom. The van der Waals surface area contributed by atoms with Crippen LogP contribution >= 0.6 is 0 Å². The molecule has 1 unspecified atom stereocenters. The molecule has 0 aliphatic carbocycles. The van der Waals surface area contributed by atoms with Gasteiger partial charge in [-0.2, -0.15) is 4.98 Å². The van der Waals surface area contributed by atoms with Crippen LogP contribution < -0.4 is 4.74 Å². The quantitative estimate of drug-likeness (QED) is 0.798. The number of carboxylic acid groups (broad SMARTS) is 1. The Morgan fingerprint density at radius 1 is 1.61 bits per heavy atom. The van der Waals surface area contributed by atoms with Gasteiger partial charge in [-0.05, 0) is 24.8 Å². The molecular formula is C12H13N3O3. The average molecular weight is 247 g/mol. The molecule has 2 rings (SSSR count). The highest BCUT2D eigenvalue weighted by Crippen LogP contribution is 2.19. The molecule has 1 aliphatic rings. The highest BCUT2D eigenvalue weighted by molar-refractivity contribution is 5.65. The van der Waals surface area contributed by atoms with E-state index < -0.39 is 12.3 Å². The summed E-state index contributed by atoms with van der Waals surface area (Å²) in [7, 11) is 0. The molecule has 0 radical (unpaired) electrons. The lowest BCUT2D eigenvalue weighted by molar-refractivity contribution is 0.000482. The van der Waals surface area contributed by atoms with Gasteiger partial charge in [0, 0.05) is 19.2 Å². The zero-order valence-electron chi connectivity index (χ0n) is 9.74. The van der Waals surface area contributed by atoms with E-state index in [1.807, 2.05) is 0 Å². The number of likely N-dealkylation sites (tertiary alicyclic amines) is 1. The molecule has 1 aliphatic heterocycles. The van der Waals surface area contributed by atoms with E-state index in [1.54, 1.807) is 6.07 Å². The monoisotopic (exact) mass is 247 g/mol. The molecule has 6 heteroatoms. The molecule has 0 bridgehead atoms. The van der Waals surface area contributed by atoms with Crippen LogP contribution in [0.2, 0.25) is 0 Å². The first kappa shape index (κ1) is 12.2. The molecule has 1 amide bonds. The number of hydrogen-bond donors (Lipinski definition) is 1. The minimum Gasteiger partial charge on any atom is -0.465 e. The van der Waals surface area contributed by atoms with Crippen LogP contribution in [0, 0.1) is 12.3 Å². The van der Waals surface area contributed by atoms with Crippen LogP contribution in [0.5, 0.6) is 6.01 Å². The van der Waals surface area contributed by atoms with Crippen LogP contribution in [0.15, 0.2) is 12.3 Å². The Balaban J connectivity index is 2.11. The van der Waals surface area contributed by atoms with Crippen molar-refractivity contribution in [3.8, 4) is 18.4 Å². The number of carbonyl (C=O) groups is 1. The maximum atomic E-state index is 11.1. The second-order valence-corrected chi connectivity index (χ2v) is 3.91. The van der Waals surface area contributed by atoms with Crippen LogP contribution in [-0.4, -0.2) is 38.8 Å². The summed E-state index contributed by atoms with van der Waals surface area (Å²) in [5, 5.41) is 9.06. The predicted octanol–water partition coefficient (Wildman–Crippen LogP) is 1.33. The topological polar surface area (TPSA) is 75.5 Å². The molecule has 1 atom stereocenters. The van der Waals surface area contributed by atoms with Crippen molar-refractivity contribution in [2.45, 2.75) is 25.5 Å². The third kappa shape index (κ3) is 2.69. The van der Waals surface area contributed by atoms with E-state index in [0.29, 0.717) is 18.7 Å². The summed E-state index contributed by atoms with van der Waals surface area (Å²) in [6.07, 6.45) is 7.59. The van der Waals surface area contributed by atoms with Gasteiger partial charge in [0.05, 0.1) is 0 Å². The van der Waals surface area contributed by atoms with Gasteiger partial charge >= 0.3 is 12.1 Å². The van der Waals surface area contributed by atoms with Gasteiger partial charge in [0.15, 0.2) is 6.23 Å². The second-order valence-electron chi connectivity index (χ2n) is 3.91. The molecular weight excluding hydrogens is 234 g/mol. The summed E-state index contributed by atoms with van der Waals surface area (Å²) >= 11 is 0. The summed E-state index contributed by atoms with van der Waals surface area (Å²) in [4.78, 5) is 20.2. The smallest absolute Gasteiger partial charge is 0.410 e. The largest absolute Gasteiger partial charge is 0.465 e. The first-order valence-electron chi connectivity index (χ1n) is 5.66. The van der Waals surface area contributed by atoms with Crippen LogP contribution in [0.25, 0.3) is 0 Å². The zero-order chi connectivity index (χ0) is 13.0. The van der Waals surface area contributed by atoms with Crippen molar-refractivity contribution in [1.29, 1.82) is 0 Å². The molecule has 0 aromatic carbocycles. The van der Waals surface area contributed by atoms with Crippen molar-refractivity contribution in [3.05, 3.63) is 18.0 Å². The van der Waals surface area contributed by atoms with Crippen LogP contribution in [-0.2, 0) is 0 Å². The van der Waals surface area contributed by atoms with Crippen LogP contribution in [0.4, 0.5) is 4.79 Å². The lowest BCUT2D eigenvalue weighted by Gasteiger charge is -2.32. The molecule has 6 nitrogen and oxygen atoms in total. The van der Waals surface area contributed by atoms with Crippen molar-refractivity contribution in [2.24, 2.45) is 0 Å². The van der Waals surface area contributed by atoms with E-state index in [9.17, 15) is 4.79 Å². The summed E-state index contributed by atoms with van der Waals surface area (Å²) in [5.74, 6) is 2.38. The summed E-state index contributed by atoms with van der Waals surface area (Å²) in [6.45, 7) is 0.467. The maximum Gasteiger partial charge on any atom is 0.410 e. The minimum atomic E-state index is -0.993. The second kappa shape index (κ2) is 5.36. The highest BCUT2D eigenvalue weighted by Gasteiger charge is 2.28. The van der Waals surface area contributed by atoms with Gasteiger partial charge in [-0.1, -0.05) is 0 Å². The fourth-order valence-electron chi connectivity index (χ4n) is 1.84. The number of nitrogens with zero attached hydrogens (tertiary/aromatic N) is 3. The summed E-state index contributed by atoms with van der Waals surface area (Å²) in [6, 6.07) is 1.70. The Morgan fingerprint density at radius 2 is 2.44 bits per heavy atom. The number of rotatable bonds is 2. The Bertz CT molecular complexity index is 484. The molecule has 0 saturated carbocycles. The zero-order valence-corrected chi connectivity index (χ0v) is 9.74. The normalized spacial score (nSPS) is 19.1. The average Bonchev–Trinajstić information content (AvgIpc) is 2.39. The standard InChI is InChI=1S/C12H13N3O3/c1-2-9-6-7-13-11(14-9)18-10-5-3-4-8-15(10)12(16)17/h1,6-7,10H,3-5,8H2,(H,16,17). The van der Waals surface area contributed by atoms with Gasteiger partial charge in [0.1, 0.15) is 5.69 Å². The fourth-order valence-corrected chi connectivity index (χ4v) is 1.84. The van der Waals surface area contributed by atoms with Gasteiger partial charge in [-0.3, -0.25) is 4.90 Å². The molecule has 18 heavy (non-hydrogen) atoms. The molecule has 1 fully saturated rings. The van der Waals surface area contributed by atoms with Crippen molar-refractivity contribution < 1.29 is 14.6 Å². The van der Waals surface area contributed by atoms with E-state index in [4.69, 9.17) is 16.3 Å². The van der Waals surface area contributed by atoms with E-state index >= 15 is 0 Å². The molecule has 94 valence electrons. The summed E-state index contributed by atoms with van der Waals surface area (Å²) in [5.41, 5.74) is 0.415. The minimum absolute atomic E-state index is 0.114. The van der Waals surface area contributed by atoms with Crippen molar-refractivity contribution in [3.63, 3.8) is 0 Å². The number of hydrogen-bond acceptors (Lipinski definition) is 4. The van der Waals surface area contributed by atoms with Crippen molar-refractivity contribution in [2.75, 3.05) is 6.54 Å². The number of amides is 1. The van der Waals surface area contributed by atoms with Gasteiger partial charge < -0.3 is 9.84 Å². The van der Waals surface area contributed by atoms with Crippen molar-refractivity contribution in [1.82, 2.24) is 14.9 Å². The highest BCUT2D eigenvalue weighted by atomic mass is 16.5. The number of terminal acetylenes is 1. The Hall–Kier alpha value is -2.29. The van der Waals surface area contributed by atoms with Gasteiger partial charge in [0.25, 0.3) is 0 Å². The first-order chi connectivity index (χ1) is 8.70. The predicted molar refractivity (Wildman–Crippen MR) is 63.0 cm³/mol. The Labute approximate surface area is 105 Å². The van der Waals surface area contributed by atoms with E-state index in [-0.39, 0.29) is 6.01 Å². The number of piperidine rings is 1. The number of ether oxygens (including phenoxy) is 1. The molecule has 2 heterocycles. The van der Waals surface area contributed by atoms with Crippen LogP contribution in [0.1, 0.15) is 25.0 Å². The molecule has 0 spiro atoms. The van der Waals surface area contributed by atoms with Crippen LogP contribution in [0.3, 0.4) is 0 Å². The van der Waals surface area contributed by atoms with Gasteiger partial charge in [-0.25, -0.2) is 9.78 Å². The molecule has 1 saturated heterocycles. The first-order valence-corrected chi connectivity index (χ1v) is 5.66. The van der Waals surface area contributed by atoms with E-state index in [1.165, 1.54) is 11.1 Å². The SMILES string of the molecule is C#Cc1ccnc(OC2CCCCN2C(=O)O)n1. The lowest BCUT2D eigenvalue weighted by atomic mass is 10.1. The van der Waals surface area contributed by atoms with Gasteiger partial charge in [-0.15, -0.1) is 6.42 Å². The van der Waals surface area contributed by atoms with E-state index in [2.05, 4.69) is 15.9 Å². The molecule has 1 aromatic heterocycles. The fraction of sp³-hybridized carbons (Fsp3) is 0.417.